The predicted molar refractivity (Wildman–Crippen MR) is 72.9 cm³/mol. The minimum absolute atomic E-state index is 1.06. The van der Waals surface area contributed by atoms with Gasteiger partial charge in [-0.3, -0.25) is 14.4 Å². The first-order chi connectivity index (χ1) is 13.6. The van der Waals surface area contributed by atoms with Gasteiger partial charge in [-0.25, -0.2) is 9.59 Å². The molecule has 0 aromatic heterocycles. The van der Waals surface area contributed by atoms with E-state index in [0.29, 0.717) is 0 Å². The molecule has 0 spiro atoms. The molecule has 170 valence electrons. The van der Waals surface area contributed by atoms with E-state index < -0.39 is 72.7 Å². The number of aliphatic hydroxyl groups is 2. The van der Waals surface area contributed by atoms with Crippen LogP contribution >= 0.6 is 0 Å². The molecule has 1 unspecified atom stereocenters. The van der Waals surface area contributed by atoms with Crippen LogP contribution in [0.1, 0.15) is 25.7 Å². The molecule has 0 heterocycles. The van der Waals surface area contributed by atoms with Crippen molar-refractivity contribution in [2.75, 3.05) is 0 Å². The van der Waals surface area contributed by atoms with Crippen molar-refractivity contribution in [1.82, 2.24) is 0 Å². The van der Waals surface area contributed by atoms with Crippen molar-refractivity contribution in [2.24, 2.45) is 0 Å². The summed E-state index contributed by atoms with van der Waals surface area (Å²) in [7, 11) is 0. The molecular weight excluding hydrogens is 502 g/mol. The molecule has 0 bridgehead atoms. The third kappa shape index (κ3) is 17.6. The Balaban J connectivity index is -0.000000193. The zero-order valence-electron chi connectivity index (χ0n) is 14.5. The van der Waals surface area contributed by atoms with Crippen LogP contribution in [0.25, 0.3) is 0 Å². The van der Waals surface area contributed by atoms with E-state index in [0.717, 1.165) is 34.7 Å². The predicted octanol–water partition coefficient (Wildman–Crippen LogP) is -4.07. The van der Waals surface area contributed by atoms with Crippen LogP contribution in [0.5, 0.6) is 0 Å². The van der Waals surface area contributed by atoms with E-state index >= 15 is 0 Å². The molecule has 0 saturated heterocycles. The molecular formula is C12H15O16V2-. The second kappa shape index (κ2) is 17.4. The Morgan fingerprint density at radius 1 is 0.567 bits per heavy atom. The summed E-state index contributed by atoms with van der Waals surface area (Å²) in [6, 6.07) is 0. The van der Waals surface area contributed by atoms with Crippen LogP contribution in [0.2, 0.25) is 0 Å². The summed E-state index contributed by atoms with van der Waals surface area (Å²) in [5, 5.41) is 69.3. The molecule has 0 rings (SSSR count). The van der Waals surface area contributed by atoms with E-state index in [1.165, 1.54) is 0 Å². The molecule has 0 fully saturated rings. The van der Waals surface area contributed by atoms with E-state index in [4.69, 9.17) is 43.1 Å². The van der Waals surface area contributed by atoms with E-state index in [1.807, 2.05) is 0 Å². The van der Waals surface area contributed by atoms with Gasteiger partial charge >= 0.3 is 71.9 Å². The molecule has 0 aromatic carbocycles. The van der Waals surface area contributed by atoms with Crippen molar-refractivity contribution in [3.63, 3.8) is 0 Å². The Morgan fingerprint density at radius 2 is 0.767 bits per heavy atom. The minimum atomic E-state index is -2.80. The van der Waals surface area contributed by atoms with Crippen molar-refractivity contribution in [2.45, 2.75) is 36.9 Å². The molecule has 0 aliphatic heterocycles. The van der Waals surface area contributed by atoms with Crippen molar-refractivity contribution < 1.29 is 112 Å². The fourth-order valence-electron chi connectivity index (χ4n) is 1.42. The van der Waals surface area contributed by atoms with Crippen LogP contribution in [0.3, 0.4) is 0 Å². The molecule has 7 N–H and O–H groups in total. The summed E-state index contributed by atoms with van der Waals surface area (Å²) < 4.78 is 16.4. The first-order valence-electron chi connectivity index (χ1n) is 6.69. The molecule has 0 saturated carbocycles. The second-order valence-electron chi connectivity index (χ2n) is 4.93. The summed E-state index contributed by atoms with van der Waals surface area (Å²) in [6.07, 6.45) is -4.73. The van der Waals surface area contributed by atoms with Crippen LogP contribution in [0.4, 0.5) is 0 Å². The van der Waals surface area contributed by atoms with Gasteiger partial charge in [-0.2, -0.15) is 0 Å². The zero-order valence-corrected chi connectivity index (χ0v) is 17.3. The van der Waals surface area contributed by atoms with Crippen LogP contribution in [0, 0.1) is 0 Å². The third-order valence-corrected chi connectivity index (χ3v) is 2.56. The van der Waals surface area contributed by atoms with Crippen LogP contribution in [-0.4, -0.2) is 82.8 Å². The van der Waals surface area contributed by atoms with Gasteiger partial charge < -0.3 is 45.6 Å². The molecule has 30 heavy (non-hydrogen) atoms. The first kappa shape index (κ1) is 35.0. The Kier molecular flexibility index (Phi) is 20.3. The number of carboxylic acid groups (broad SMARTS) is 6. The number of carboxylic acids is 6. The summed E-state index contributed by atoms with van der Waals surface area (Å²) in [5.41, 5.74) is -5.54. The van der Waals surface area contributed by atoms with E-state index in [-0.39, 0.29) is 0 Å². The zero-order chi connectivity index (χ0) is 25.3. The van der Waals surface area contributed by atoms with Crippen molar-refractivity contribution in [3.05, 3.63) is 0 Å². The Labute approximate surface area is 184 Å². The van der Waals surface area contributed by atoms with Gasteiger partial charge in [0.15, 0.2) is 11.2 Å². The summed E-state index contributed by atoms with van der Waals surface area (Å²) in [4.78, 5) is 60.8. The number of carbonyl (C=O) groups is 6. The number of hydrogen-bond donors (Lipinski definition) is 7. The van der Waals surface area contributed by atoms with Crippen LogP contribution < -0.4 is 5.11 Å². The van der Waals surface area contributed by atoms with E-state index in [1.54, 1.807) is 0 Å². The van der Waals surface area contributed by atoms with Crippen molar-refractivity contribution in [1.29, 1.82) is 0 Å². The number of hydrogen-bond acceptors (Lipinski definition) is 11. The second-order valence-corrected chi connectivity index (χ2v) is 4.93. The van der Waals surface area contributed by atoms with Crippen LogP contribution in [0.15, 0.2) is 0 Å². The maximum atomic E-state index is 10.3. The SMILES string of the molecule is O=C(O)CC(O)(CC(=O)O)C(=O)O.O=C([O-])CC(O)(CC(=O)O)C(=O)O.[O]=[V].[O]=[V]. The fourth-order valence-corrected chi connectivity index (χ4v) is 1.42. The van der Waals surface area contributed by atoms with Gasteiger partial charge in [0, 0.05) is 12.4 Å². The summed E-state index contributed by atoms with van der Waals surface area (Å²) >= 11 is 2.12. The van der Waals surface area contributed by atoms with Gasteiger partial charge in [0.05, 0.1) is 19.3 Å². The Morgan fingerprint density at radius 3 is 0.900 bits per heavy atom. The monoisotopic (exact) mass is 517 g/mol. The molecule has 0 radical (unpaired) electrons. The summed E-state index contributed by atoms with van der Waals surface area (Å²) in [5.74, 6) is -10.4. The Bertz CT molecular complexity index is 546. The standard InChI is InChI=1S/2C6H8O7.2O.2V/c2*7-3(8)1-6(13,5(11)12)2-4(9)10;;;;/h2*13H,1-2H2,(H,7,8)(H,9,10)(H,11,12);;;;/p-1. The van der Waals surface area contributed by atoms with Gasteiger partial charge in [0.25, 0.3) is 0 Å². The Hall–Kier alpha value is -2.49. The molecule has 0 amide bonds. The van der Waals surface area contributed by atoms with Gasteiger partial charge in [0.2, 0.25) is 0 Å². The van der Waals surface area contributed by atoms with Gasteiger partial charge in [-0.05, 0) is 0 Å². The summed E-state index contributed by atoms with van der Waals surface area (Å²) in [6.45, 7) is 0. The van der Waals surface area contributed by atoms with Gasteiger partial charge in [-0.15, -0.1) is 0 Å². The molecule has 0 aliphatic carbocycles. The van der Waals surface area contributed by atoms with Crippen LogP contribution in [-0.2, 0) is 70.9 Å². The van der Waals surface area contributed by atoms with E-state index in [9.17, 15) is 33.9 Å². The molecule has 1 atom stereocenters. The third-order valence-electron chi connectivity index (χ3n) is 2.56. The van der Waals surface area contributed by atoms with Crippen molar-refractivity contribution in [3.8, 4) is 0 Å². The van der Waals surface area contributed by atoms with Crippen molar-refractivity contribution >= 4 is 35.8 Å². The van der Waals surface area contributed by atoms with Gasteiger partial charge in [0.1, 0.15) is 0 Å². The van der Waals surface area contributed by atoms with Gasteiger partial charge in [-0.1, -0.05) is 0 Å². The fraction of sp³-hybridized carbons (Fsp3) is 0.500. The molecule has 0 aliphatic rings. The molecule has 18 heteroatoms. The number of aliphatic carboxylic acids is 6. The molecule has 16 nitrogen and oxygen atoms in total. The maximum absolute atomic E-state index is 10.3. The number of rotatable bonds is 10. The quantitative estimate of drug-likeness (QED) is 0.145. The topological polar surface area (TPSA) is 301 Å². The van der Waals surface area contributed by atoms with E-state index in [2.05, 4.69) is 0 Å². The number of carbonyl (C=O) groups excluding carboxylic acids is 1. The molecule has 0 aromatic rings. The normalized spacial score (nSPS) is 11.2. The average Bonchev–Trinajstić information content (AvgIpc) is 2.55. The average molecular weight is 517 g/mol. The first-order valence-corrected chi connectivity index (χ1v) is 7.83.